The highest BCUT2D eigenvalue weighted by molar-refractivity contribution is 5.88. The van der Waals surface area contributed by atoms with Gasteiger partial charge in [-0.3, -0.25) is 4.79 Å². The van der Waals surface area contributed by atoms with Crippen molar-refractivity contribution in [3.8, 4) is 16.9 Å². The molecule has 4 nitrogen and oxygen atoms in total. The Hall–Kier alpha value is -2.88. The third-order valence-electron chi connectivity index (χ3n) is 3.68. The van der Waals surface area contributed by atoms with E-state index in [9.17, 15) is 9.59 Å². The predicted octanol–water partition coefficient (Wildman–Crippen LogP) is 4.92. The SMILES string of the molecule is C=C(C)C(=O)Oc1ccc(-c2ccc(COC(=O)C(C)(C)C)cc2)cc1. The van der Waals surface area contributed by atoms with Crippen molar-refractivity contribution in [2.45, 2.75) is 34.3 Å². The number of esters is 2. The molecular formula is C22H24O4. The van der Waals surface area contributed by atoms with Gasteiger partial charge in [0.2, 0.25) is 0 Å². The van der Waals surface area contributed by atoms with Crippen molar-refractivity contribution in [1.82, 2.24) is 0 Å². The number of benzene rings is 2. The normalized spacial score (nSPS) is 10.9. The molecule has 2 aromatic carbocycles. The Kier molecular flexibility index (Phi) is 5.98. The second-order valence-electron chi connectivity index (χ2n) is 7.22. The van der Waals surface area contributed by atoms with Crippen LogP contribution in [0, 0.1) is 5.41 Å². The molecule has 0 aromatic heterocycles. The lowest BCUT2D eigenvalue weighted by atomic mass is 9.97. The van der Waals surface area contributed by atoms with Crippen molar-refractivity contribution in [3.63, 3.8) is 0 Å². The average Bonchev–Trinajstić information content (AvgIpc) is 2.60. The maximum Gasteiger partial charge on any atom is 0.338 e. The molecule has 26 heavy (non-hydrogen) atoms. The Morgan fingerprint density at radius 3 is 1.88 bits per heavy atom. The first-order valence-electron chi connectivity index (χ1n) is 8.41. The van der Waals surface area contributed by atoms with E-state index in [-0.39, 0.29) is 12.6 Å². The summed E-state index contributed by atoms with van der Waals surface area (Å²) in [6.45, 7) is 10.9. The molecule has 2 aromatic rings. The fraction of sp³-hybridized carbons (Fsp3) is 0.273. The maximum absolute atomic E-state index is 11.8. The van der Waals surface area contributed by atoms with Crippen molar-refractivity contribution < 1.29 is 19.1 Å². The molecule has 0 unspecified atom stereocenters. The lowest BCUT2D eigenvalue weighted by Crippen LogP contribution is -2.22. The highest BCUT2D eigenvalue weighted by Crippen LogP contribution is 2.24. The van der Waals surface area contributed by atoms with Crippen LogP contribution in [0.1, 0.15) is 33.3 Å². The summed E-state index contributed by atoms with van der Waals surface area (Å²) < 4.78 is 10.5. The monoisotopic (exact) mass is 352 g/mol. The highest BCUT2D eigenvalue weighted by atomic mass is 16.5. The molecule has 0 saturated carbocycles. The van der Waals surface area contributed by atoms with Gasteiger partial charge in [0.05, 0.1) is 5.41 Å². The molecule has 0 aliphatic heterocycles. The molecule has 0 radical (unpaired) electrons. The van der Waals surface area contributed by atoms with Crippen molar-refractivity contribution in [3.05, 3.63) is 66.2 Å². The van der Waals surface area contributed by atoms with Gasteiger partial charge in [-0.15, -0.1) is 0 Å². The maximum atomic E-state index is 11.8. The summed E-state index contributed by atoms with van der Waals surface area (Å²) in [5, 5.41) is 0. The minimum Gasteiger partial charge on any atom is -0.460 e. The van der Waals surface area contributed by atoms with Gasteiger partial charge in [-0.25, -0.2) is 4.79 Å². The van der Waals surface area contributed by atoms with Crippen molar-refractivity contribution in [2.24, 2.45) is 5.41 Å². The topological polar surface area (TPSA) is 52.6 Å². The fourth-order valence-corrected chi connectivity index (χ4v) is 2.07. The lowest BCUT2D eigenvalue weighted by Gasteiger charge is -2.16. The minimum absolute atomic E-state index is 0.221. The van der Waals surface area contributed by atoms with Crippen LogP contribution in [-0.2, 0) is 20.9 Å². The van der Waals surface area contributed by atoms with Gasteiger partial charge in [0.15, 0.2) is 0 Å². The molecule has 0 atom stereocenters. The van der Waals surface area contributed by atoms with Gasteiger partial charge < -0.3 is 9.47 Å². The largest absolute Gasteiger partial charge is 0.460 e. The summed E-state index contributed by atoms with van der Waals surface area (Å²) in [6, 6.07) is 15.1. The first-order valence-corrected chi connectivity index (χ1v) is 8.41. The summed E-state index contributed by atoms with van der Waals surface area (Å²) in [7, 11) is 0. The molecule has 0 spiro atoms. The first kappa shape index (κ1) is 19.4. The number of carbonyl (C=O) groups is 2. The van der Waals surface area contributed by atoms with Crippen LogP contribution >= 0.6 is 0 Å². The van der Waals surface area contributed by atoms with Gasteiger partial charge in [-0.2, -0.15) is 0 Å². The molecule has 0 amide bonds. The third-order valence-corrected chi connectivity index (χ3v) is 3.68. The predicted molar refractivity (Wildman–Crippen MR) is 102 cm³/mol. The van der Waals surface area contributed by atoms with E-state index in [4.69, 9.17) is 9.47 Å². The zero-order chi connectivity index (χ0) is 19.3. The van der Waals surface area contributed by atoms with E-state index in [0.29, 0.717) is 11.3 Å². The number of carbonyl (C=O) groups excluding carboxylic acids is 2. The van der Waals surface area contributed by atoms with Crippen LogP contribution in [0.2, 0.25) is 0 Å². The van der Waals surface area contributed by atoms with Crippen molar-refractivity contribution in [1.29, 1.82) is 0 Å². The average molecular weight is 352 g/mol. The van der Waals surface area contributed by atoms with Crippen molar-refractivity contribution >= 4 is 11.9 Å². The molecule has 4 heteroatoms. The van der Waals surface area contributed by atoms with Crippen LogP contribution in [0.25, 0.3) is 11.1 Å². The summed E-state index contributed by atoms with van der Waals surface area (Å²) in [4.78, 5) is 23.3. The molecular weight excluding hydrogens is 328 g/mol. The second kappa shape index (κ2) is 8.00. The number of hydrogen-bond acceptors (Lipinski definition) is 4. The molecule has 0 aliphatic rings. The molecule has 0 N–H and O–H groups in total. The molecule has 0 bridgehead atoms. The van der Waals surface area contributed by atoms with Crippen LogP contribution in [0.3, 0.4) is 0 Å². The van der Waals surface area contributed by atoms with Gasteiger partial charge in [0.1, 0.15) is 12.4 Å². The molecule has 0 aliphatic carbocycles. The highest BCUT2D eigenvalue weighted by Gasteiger charge is 2.22. The quantitative estimate of drug-likeness (QED) is 0.435. The standard InChI is InChI=1S/C22H24O4/c1-15(2)20(23)26-19-12-10-18(11-13-19)17-8-6-16(7-9-17)14-25-21(24)22(3,4)5/h6-13H,1,14H2,2-5H3. The van der Waals surface area contributed by atoms with E-state index in [0.717, 1.165) is 16.7 Å². The van der Waals surface area contributed by atoms with Crippen molar-refractivity contribution in [2.75, 3.05) is 0 Å². The molecule has 0 fully saturated rings. The number of rotatable bonds is 5. The van der Waals surface area contributed by atoms with E-state index in [2.05, 4.69) is 6.58 Å². The zero-order valence-electron chi connectivity index (χ0n) is 15.7. The Labute approximate surface area is 154 Å². The Morgan fingerprint density at radius 1 is 0.923 bits per heavy atom. The third kappa shape index (κ3) is 5.31. The second-order valence-corrected chi connectivity index (χ2v) is 7.22. The first-order chi connectivity index (χ1) is 12.2. The van der Waals surface area contributed by atoms with Gasteiger partial charge in [0, 0.05) is 5.57 Å². The summed E-state index contributed by atoms with van der Waals surface area (Å²) in [5.74, 6) is -0.180. The summed E-state index contributed by atoms with van der Waals surface area (Å²) in [6.07, 6.45) is 0. The summed E-state index contributed by atoms with van der Waals surface area (Å²) >= 11 is 0. The van der Waals surface area contributed by atoms with E-state index in [1.807, 2.05) is 57.2 Å². The number of ether oxygens (including phenoxy) is 2. The van der Waals surface area contributed by atoms with Crippen LogP contribution in [0.5, 0.6) is 5.75 Å². The Morgan fingerprint density at radius 2 is 1.42 bits per heavy atom. The van der Waals surface area contributed by atoms with Crippen LogP contribution < -0.4 is 4.74 Å². The van der Waals surface area contributed by atoms with Gasteiger partial charge in [-0.05, 0) is 56.5 Å². The molecule has 0 heterocycles. The summed E-state index contributed by atoms with van der Waals surface area (Å²) in [5.41, 5.74) is 2.80. The Balaban J connectivity index is 2.01. The fourth-order valence-electron chi connectivity index (χ4n) is 2.07. The number of hydrogen-bond donors (Lipinski definition) is 0. The van der Waals surface area contributed by atoms with E-state index < -0.39 is 11.4 Å². The van der Waals surface area contributed by atoms with Gasteiger partial charge in [-0.1, -0.05) is 43.0 Å². The smallest absolute Gasteiger partial charge is 0.338 e. The van der Waals surface area contributed by atoms with Gasteiger partial charge >= 0.3 is 11.9 Å². The lowest BCUT2D eigenvalue weighted by molar-refractivity contribution is -0.154. The Bertz CT molecular complexity index is 794. The molecule has 136 valence electrons. The molecule has 0 saturated heterocycles. The van der Waals surface area contributed by atoms with Crippen LogP contribution in [0.4, 0.5) is 0 Å². The van der Waals surface area contributed by atoms with E-state index >= 15 is 0 Å². The van der Waals surface area contributed by atoms with Crippen LogP contribution in [-0.4, -0.2) is 11.9 Å². The molecule has 2 rings (SSSR count). The minimum atomic E-state index is -0.505. The van der Waals surface area contributed by atoms with E-state index in [1.165, 1.54) is 0 Å². The van der Waals surface area contributed by atoms with Crippen LogP contribution in [0.15, 0.2) is 60.7 Å². The van der Waals surface area contributed by atoms with E-state index in [1.54, 1.807) is 19.1 Å². The van der Waals surface area contributed by atoms with Gasteiger partial charge in [0.25, 0.3) is 0 Å². The zero-order valence-corrected chi connectivity index (χ0v) is 15.7.